The molecule has 4 heteroatoms. The third kappa shape index (κ3) is 2.81. The molecule has 0 radical (unpaired) electrons. The molecule has 0 spiro atoms. The predicted octanol–water partition coefficient (Wildman–Crippen LogP) is 4.53. The second-order valence-electron chi connectivity index (χ2n) is 5.74. The van der Waals surface area contributed by atoms with Gasteiger partial charge in [-0.1, -0.05) is 30.3 Å². The van der Waals surface area contributed by atoms with E-state index in [1.807, 2.05) is 35.2 Å². The topological polar surface area (TPSA) is 33.5 Å². The van der Waals surface area contributed by atoms with Crippen LogP contribution in [0.3, 0.4) is 0 Å². The second kappa shape index (κ2) is 6.49. The molecule has 0 aliphatic carbocycles. The summed E-state index contributed by atoms with van der Waals surface area (Å²) in [5, 5.41) is 2.12. The minimum Gasteiger partial charge on any atom is -0.465 e. The molecule has 3 heterocycles. The Morgan fingerprint density at radius 2 is 2.04 bits per heavy atom. The van der Waals surface area contributed by atoms with E-state index in [2.05, 4.69) is 23.6 Å². The molecule has 0 unspecified atom stereocenters. The molecule has 1 aliphatic heterocycles. The molecule has 1 aromatic carbocycles. The number of hydrogen-bond acceptors (Lipinski definition) is 3. The van der Waals surface area contributed by atoms with Crippen LogP contribution in [0.25, 0.3) is 6.08 Å². The Hall–Kier alpha value is -2.59. The number of nitrogens with zero attached hydrogens (tertiary/aromatic N) is 1. The van der Waals surface area contributed by atoms with Crippen molar-refractivity contribution in [3.8, 4) is 0 Å². The van der Waals surface area contributed by atoms with Crippen molar-refractivity contribution in [3.05, 3.63) is 88.0 Å². The quantitative estimate of drug-likeness (QED) is 0.659. The fourth-order valence-corrected chi connectivity index (χ4v) is 4.09. The average molecular weight is 335 g/mol. The zero-order chi connectivity index (χ0) is 16.4. The molecule has 0 N–H and O–H groups in total. The number of thiophene rings is 1. The monoisotopic (exact) mass is 335 g/mol. The fourth-order valence-electron chi connectivity index (χ4n) is 3.18. The molecule has 1 atom stereocenters. The summed E-state index contributed by atoms with van der Waals surface area (Å²) in [6.45, 7) is 0.731. The van der Waals surface area contributed by atoms with Crippen LogP contribution in [0.15, 0.2) is 70.7 Å². The van der Waals surface area contributed by atoms with E-state index in [1.54, 1.807) is 29.8 Å². The smallest absolute Gasteiger partial charge is 0.247 e. The summed E-state index contributed by atoms with van der Waals surface area (Å²) in [7, 11) is 0. The van der Waals surface area contributed by atoms with Gasteiger partial charge in [0.1, 0.15) is 5.76 Å². The number of rotatable bonds is 3. The third-order valence-electron chi connectivity index (χ3n) is 4.30. The maximum atomic E-state index is 12.8. The molecule has 4 rings (SSSR count). The van der Waals surface area contributed by atoms with E-state index < -0.39 is 0 Å². The van der Waals surface area contributed by atoms with Gasteiger partial charge >= 0.3 is 0 Å². The highest BCUT2D eigenvalue weighted by Crippen LogP contribution is 2.37. The van der Waals surface area contributed by atoms with E-state index in [0.29, 0.717) is 5.76 Å². The van der Waals surface area contributed by atoms with Crippen molar-refractivity contribution < 1.29 is 9.21 Å². The van der Waals surface area contributed by atoms with Gasteiger partial charge in [0.25, 0.3) is 0 Å². The molecule has 0 saturated carbocycles. The van der Waals surface area contributed by atoms with Gasteiger partial charge < -0.3 is 9.32 Å². The highest BCUT2D eigenvalue weighted by atomic mass is 32.1. The van der Waals surface area contributed by atoms with Gasteiger partial charge in [-0.25, -0.2) is 0 Å². The minimum absolute atomic E-state index is 0.0112. The van der Waals surface area contributed by atoms with Gasteiger partial charge in [-0.3, -0.25) is 4.79 Å². The number of fused-ring (bicyclic) bond motifs is 1. The lowest BCUT2D eigenvalue weighted by molar-refractivity contribution is -0.127. The molecule has 3 nitrogen and oxygen atoms in total. The van der Waals surface area contributed by atoms with Gasteiger partial charge in [0, 0.05) is 17.5 Å². The molecular weight excluding hydrogens is 318 g/mol. The van der Waals surface area contributed by atoms with E-state index in [0.717, 1.165) is 18.5 Å². The normalized spacial score (nSPS) is 17.2. The zero-order valence-corrected chi connectivity index (χ0v) is 13.9. The first-order chi connectivity index (χ1) is 11.8. The summed E-state index contributed by atoms with van der Waals surface area (Å²) in [6, 6.07) is 16.0. The van der Waals surface area contributed by atoms with Crippen LogP contribution >= 0.6 is 11.3 Å². The van der Waals surface area contributed by atoms with Gasteiger partial charge in [0.15, 0.2) is 0 Å². The number of carbonyl (C=O) groups is 1. The van der Waals surface area contributed by atoms with E-state index in [9.17, 15) is 4.79 Å². The first kappa shape index (κ1) is 15.0. The van der Waals surface area contributed by atoms with Crippen molar-refractivity contribution in [2.45, 2.75) is 12.5 Å². The maximum absolute atomic E-state index is 12.8. The van der Waals surface area contributed by atoms with Crippen LogP contribution in [0.1, 0.15) is 27.8 Å². The number of hydrogen-bond donors (Lipinski definition) is 0. The number of furan rings is 1. The summed E-state index contributed by atoms with van der Waals surface area (Å²) < 4.78 is 5.27. The van der Waals surface area contributed by atoms with E-state index >= 15 is 0 Å². The van der Waals surface area contributed by atoms with Crippen LogP contribution in [-0.4, -0.2) is 17.4 Å². The molecule has 0 saturated heterocycles. The second-order valence-corrected chi connectivity index (χ2v) is 6.74. The Labute approximate surface area is 144 Å². The van der Waals surface area contributed by atoms with Gasteiger partial charge in [0.2, 0.25) is 5.91 Å². The summed E-state index contributed by atoms with van der Waals surface area (Å²) >= 11 is 1.78. The number of benzene rings is 1. The van der Waals surface area contributed by atoms with Crippen LogP contribution in [0, 0.1) is 0 Å². The number of amides is 1. The molecule has 3 aromatic rings. The van der Waals surface area contributed by atoms with Crippen molar-refractivity contribution in [2.75, 3.05) is 6.54 Å². The Bertz CT molecular complexity index is 849. The molecule has 120 valence electrons. The number of carbonyl (C=O) groups excluding carboxylic acids is 1. The van der Waals surface area contributed by atoms with Crippen LogP contribution in [0.5, 0.6) is 0 Å². The van der Waals surface area contributed by atoms with Crippen LogP contribution in [0.2, 0.25) is 0 Å². The van der Waals surface area contributed by atoms with Gasteiger partial charge in [-0.05, 0) is 47.2 Å². The molecule has 0 fully saturated rings. The highest BCUT2D eigenvalue weighted by Gasteiger charge is 2.31. The molecule has 2 aromatic heterocycles. The highest BCUT2D eigenvalue weighted by molar-refractivity contribution is 7.10. The van der Waals surface area contributed by atoms with Crippen molar-refractivity contribution >= 4 is 23.3 Å². The first-order valence-electron chi connectivity index (χ1n) is 7.96. The third-order valence-corrected chi connectivity index (χ3v) is 5.29. The van der Waals surface area contributed by atoms with E-state index in [4.69, 9.17) is 4.42 Å². The Morgan fingerprint density at radius 3 is 2.83 bits per heavy atom. The molecule has 24 heavy (non-hydrogen) atoms. The lowest BCUT2D eigenvalue weighted by atomic mass is 9.93. The van der Waals surface area contributed by atoms with Gasteiger partial charge in [-0.2, -0.15) is 0 Å². The van der Waals surface area contributed by atoms with E-state index in [1.165, 1.54) is 10.4 Å². The summed E-state index contributed by atoms with van der Waals surface area (Å²) in [6.07, 6.45) is 5.85. The van der Waals surface area contributed by atoms with Crippen molar-refractivity contribution in [2.24, 2.45) is 0 Å². The molecular formula is C20H17NO2S. The molecule has 1 aliphatic rings. The zero-order valence-electron chi connectivity index (χ0n) is 13.1. The Morgan fingerprint density at radius 1 is 1.17 bits per heavy atom. The van der Waals surface area contributed by atoms with Gasteiger partial charge in [-0.15, -0.1) is 11.3 Å². The van der Waals surface area contributed by atoms with Crippen molar-refractivity contribution in [1.29, 1.82) is 0 Å². The lowest BCUT2D eigenvalue weighted by Crippen LogP contribution is -2.39. The van der Waals surface area contributed by atoms with Gasteiger partial charge in [0.05, 0.1) is 12.3 Å². The van der Waals surface area contributed by atoms with Crippen LogP contribution < -0.4 is 0 Å². The Kier molecular flexibility index (Phi) is 4.05. The fraction of sp³-hybridized carbons (Fsp3) is 0.150. The molecule has 1 amide bonds. The summed E-state index contributed by atoms with van der Waals surface area (Å²) in [5.41, 5.74) is 2.40. The summed E-state index contributed by atoms with van der Waals surface area (Å²) in [5.74, 6) is 0.699. The first-order valence-corrected chi connectivity index (χ1v) is 8.84. The average Bonchev–Trinajstić information content (AvgIpc) is 3.30. The van der Waals surface area contributed by atoms with Crippen molar-refractivity contribution in [3.63, 3.8) is 0 Å². The predicted molar refractivity (Wildman–Crippen MR) is 95.8 cm³/mol. The van der Waals surface area contributed by atoms with Crippen LogP contribution in [0.4, 0.5) is 0 Å². The SMILES string of the molecule is O=C(/C=C/c1ccco1)N1CCc2sccc2[C@@H]1c1ccccc1. The standard InChI is InChI=1S/C20H17NO2S/c22-19(9-8-16-7-4-13-23-16)21-12-10-18-17(11-14-24-18)20(21)15-5-2-1-3-6-15/h1-9,11,13-14,20H,10,12H2/b9-8+/t20-/m0/s1. The van der Waals surface area contributed by atoms with Crippen molar-refractivity contribution in [1.82, 2.24) is 4.90 Å². The largest absolute Gasteiger partial charge is 0.465 e. The lowest BCUT2D eigenvalue weighted by Gasteiger charge is -2.35. The van der Waals surface area contributed by atoms with E-state index in [-0.39, 0.29) is 11.9 Å². The Balaban J connectivity index is 1.67. The summed E-state index contributed by atoms with van der Waals surface area (Å²) in [4.78, 5) is 16.1. The van der Waals surface area contributed by atoms with Crippen LogP contribution in [-0.2, 0) is 11.2 Å². The minimum atomic E-state index is -0.0186. The molecule has 0 bridgehead atoms. The maximum Gasteiger partial charge on any atom is 0.247 e.